The first-order chi connectivity index (χ1) is 8.18. The van der Waals surface area contributed by atoms with Crippen molar-refractivity contribution in [3.8, 4) is 0 Å². The van der Waals surface area contributed by atoms with Crippen LogP contribution < -0.4 is 0 Å². The second kappa shape index (κ2) is 8.54. The minimum atomic E-state index is -0.0840. The van der Waals surface area contributed by atoms with Crippen molar-refractivity contribution in [1.82, 2.24) is 0 Å². The molecule has 1 aromatic carbocycles. The molecule has 0 radical (unpaired) electrons. The summed E-state index contributed by atoms with van der Waals surface area (Å²) in [5, 5.41) is 10.3. The van der Waals surface area contributed by atoms with Crippen molar-refractivity contribution in [2.24, 2.45) is 0 Å². The molecular formula is C15H25ClO. The van der Waals surface area contributed by atoms with E-state index < -0.39 is 0 Å². The highest BCUT2D eigenvalue weighted by molar-refractivity contribution is 6.30. The topological polar surface area (TPSA) is 20.2 Å². The summed E-state index contributed by atoms with van der Waals surface area (Å²) in [7, 11) is 0. The number of aliphatic hydroxyl groups excluding tert-OH is 1. The van der Waals surface area contributed by atoms with Gasteiger partial charge in [-0.1, -0.05) is 57.8 Å². The molecule has 0 heterocycles. The summed E-state index contributed by atoms with van der Waals surface area (Å²) in [6.07, 6.45) is 3.05. The van der Waals surface area contributed by atoms with Crippen molar-refractivity contribution >= 4 is 11.6 Å². The summed E-state index contributed by atoms with van der Waals surface area (Å²) in [5.41, 5.74) is 1.11. The van der Waals surface area contributed by atoms with Crippen LogP contribution in [0.2, 0.25) is 5.02 Å². The fourth-order valence-electron chi connectivity index (χ4n) is 2.09. The Kier molecular flexibility index (Phi) is 8.28. The Morgan fingerprint density at radius 1 is 1.12 bits per heavy atom. The molecule has 1 aromatic rings. The predicted octanol–water partition coefficient (Wildman–Crippen LogP) is 4.81. The zero-order valence-electron chi connectivity index (χ0n) is 11.5. The third kappa shape index (κ3) is 4.33. The van der Waals surface area contributed by atoms with E-state index in [4.69, 9.17) is 11.6 Å². The minimum absolute atomic E-state index is 0.0840. The van der Waals surface area contributed by atoms with E-state index in [0.29, 0.717) is 0 Å². The average molecular weight is 257 g/mol. The van der Waals surface area contributed by atoms with Crippen LogP contribution in [0.15, 0.2) is 24.3 Å². The Balaban J connectivity index is 0.00000121. The van der Waals surface area contributed by atoms with E-state index in [1.54, 1.807) is 0 Å². The van der Waals surface area contributed by atoms with E-state index in [9.17, 15) is 5.11 Å². The van der Waals surface area contributed by atoms with Crippen LogP contribution in [0.5, 0.6) is 0 Å². The van der Waals surface area contributed by atoms with Gasteiger partial charge in [-0.25, -0.2) is 0 Å². The van der Waals surface area contributed by atoms with Gasteiger partial charge in [0.25, 0.3) is 0 Å². The molecule has 1 atom stereocenters. The van der Waals surface area contributed by atoms with Gasteiger partial charge >= 0.3 is 0 Å². The molecule has 0 aliphatic carbocycles. The summed E-state index contributed by atoms with van der Waals surface area (Å²) < 4.78 is 0. The standard InChI is InChI=1S/C13H19ClO.C2H6/c1-3-9-13(4-2,10-15)11-5-7-12(14)8-6-11;1-2/h5-8,15H,3-4,9-10H2,1-2H3;1-2H3. The van der Waals surface area contributed by atoms with Gasteiger partial charge in [-0.3, -0.25) is 0 Å². The van der Waals surface area contributed by atoms with E-state index in [0.717, 1.165) is 24.3 Å². The second-order valence-electron chi connectivity index (χ2n) is 4.05. The van der Waals surface area contributed by atoms with Gasteiger partial charge in [0.05, 0.1) is 6.61 Å². The van der Waals surface area contributed by atoms with Crippen LogP contribution in [0.4, 0.5) is 0 Å². The first-order valence-corrected chi connectivity index (χ1v) is 6.93. The maximum Gasteiger partial charge on any atom is 0.0527 e. The lowest BCUT2D eigenvalue weighted by Crippen LogP contribution is -2.29. The van der Waals surface area contributed by atoms with Crippen LogP contribution in [-0.2, 0) is 5.41 Å². The van der Waals surface area contributed by atoms with E-state index in [2.05, 4.69) is 13.8 Å². The zero-order chi connectivity index (χ0) is 13.3. The van der Waals surface area contributed by atoms with E-state index in [1.165, 1.54) is 5.56 Å². The third-order valence-corrected chi connectivity index (χ3v) is 3.42. The third-order valence-electron chi connectivity index (χ3n) is 3.16. The number of hydrogen-bond donors (Lipinski definition) is 1. The van der Waals surface area contributed by atoms with E-state index >= 15 is 0 Å². The molecule has 0 aliphatic rings. The molecule has 1 nitrogen and oxygen atoms in total. The van der Waals surface area contributed by atoms with Crippen LogP contribution in [0.25, 0.3) is 0 Å². The van der Waals surface area contributed by atoms with Crippen molar-refractivity contribution in [2.75, 3.05) is 6.61 Å². The molecule has 0 aromatic heterocycles. The van der Waals surface area contributed by atoms with Gasteiger partial charge in [0, 0.05) is 10.4 Å². The summed E-state index contributed by atoms with van der Waals surface area (Å²) in [4.78, 5) is 0. The van der Waals surface area contributed by atoms with Gasteiger partial charge in [0.2, 0.25) is 0 Å². The second-order valence-corrected chi connectivity index (χ2v) is 4.49. The average Bonchev–Trinajstić information content (AvgIpc) is 2.39. The molecule has 1 unspecified atom stereocenters. The molecule has 17 heavy (non-hydrogen) atoms. The van der Waals surface area contributed by atoms with Crippen LogP contribution in [0, 0.1) is 0 Å². The Hall–Kier alpha value is -0.530. The first-order valence-electron chi connectivity index (χ1n) is 6.55. The molecule has 1 N–H and O–H groups in total. The smallest absolute Gasteiger partial charge is 0.0527 e. The Morgan fingerprint density at radius 2 is 1.65 bits per heavy atom. The van der Waals surface area contributed by atoms with Gasteiger partial charge in [0.15, 0.2) is 0 Å². The molecule has 1 rings (SSSR count). The normalized spacial score (nSPS) is 13.5. The number of halogens is 1. The maximum absolute atomic E-state index is 9.60. The number of benzene rings is 1. The van der Waals surface area contributed by atoms with Crippen molar-refractivity contribution < 1.29 is 5.11 Å². The molecule has 0 bridgehead atoms. The quantitative estimate of drug-likeness (QED) is 0.802. The summed E-state index contributed by atoms with van der Waals surface area (Å²) >= 11 is 5.86. The van der Waals surface area contributed by atoms with Gasteiger partial charge in [-0.2, -0.15) is 0 Å². The summed E-state index contributed by atoms with van der Waals surface area (Å²) in [6, 6.07) is 7.84. The van der Waals surface area contributed by atoms with Gasteiger partial charge in [-0.15, -0.1) is 0 Å². The van der Waals surface area contributed by atoms with Gasteiger partial charge in [0.1, 0.15) is 0 Å². The first kappa shape index (κ1) is 16.5. The highest BCUT2D eigenvalue weighted by Gasteiger charge is 2.28. The van der Waals surface area contributed by atoms with Gasteiger partial charge < -0.3 is 5.11 Å². The molecular weight excluding hydrogens is 232 g/mol. The summed E-state index contributed by atoms with van der Waals surface area (Å²) in [6.45, 7) is 8.48. The van der Waals surface area contributed by atoms with E-state index in [-0.39, 0.29) is 12.0 Å². The fourth-order valence-corrected chi connectivity index (χ4v) is 2.22. The lowest BCUT2D eigenvalue weighted by atomic mass is 9.75. The molecule has 2 heteroatoms. The minimum Gasteiger partial charge on any atom is -0.395 e. The van der Waals surface area contributed by atoms with Crippen LogP contribution in [-0.4, -0.2) is 11.7 Å². The lowest BCUT2D eigenvalue weighted by molar-refractivity contribution is 0.177. The van der Waals surface area contributed by atoms with Crippen molar-refractivity contribution in [3.63, 3.8) is 0 Å². The number of hydrogen-bond acceptors (Lipinski definition) is 1. The van der Waals surface area contributed by atoms with Crippen LogP contribution in [0.1, 0.15) is 52.5 Å². The van der Waals surface area contributed by atoms with Crippen LogP contribution >= 0.6 is 11.6 Å². The highest BCUT2D eigenvalue weighted by Crippen LogP contribution is 2.33. The molecule has 0 spiro atoms. The highest BCUT2D eigenvalue weighted by atomic mass is 35.5. The fraction of sp³-hybridized carbons (Fsp3) is 0.600. The van der Waals surface area contributed by atoms with Gasteiger partial charge in [-0.05, 0) is 30.5 Å². The Labute approximate surface area is 111 Å². The van der Waals surface area contributed by atoms with Crippen molar-refractivity contribution in [3.05, 3.63) is 34.9 Å². The predicted molar refractivity (Wildman–Crippen MR) is 76.8 cm³/mol. The van der Waals surface area contributed by atoms with Crippen molar-refractivity contribution in [2.45, 2.75) is 52.4 Å². The molecule has 98 valence electrons. The number of aliphatic hydroxyl groups is 1. The van der Waals surface area contributed by atoms with E-state index in [1.807, 2.05) is 38.1 Å². The van der Waals surface area contributed by atoms with Crippen molar-refractivity contribution in [1.29, 1.82) is 0 Å². The zero-order valence-corrected chi connectivity index (χ0v) is 12.2. The molecule has 0 amide bonds. The Bertz CT molecular complexity index is 288. The molecule has 0 saturated heterocycles. The Morgan fingerprint density at radius 3 is 2.00 bits per heavy atom. The number of rotatable bonds is 5. The maximum atomic E-state index is 9.60. The molecule has 0 fully saturated rings. The largest absolute Gasteiger partial charge is 0.395 e. The molecule has 0 aliphatic heterocycles. The van der Waals surface area contributed by atoms with Crippen LogP contribution in [0.3, 0.4) is 0 Å². The monoisotopic (exact) mass is 256 g/mol. The molecule has 0 saturated carbocycles. The summed E-state index contributed by atoms with van der Waals surface area (Å²) in [5.74, 6) is 0. The lowest BCUT2D eigenvalue weighted by Gasteiger charge is -2.31. The SMILES string of the molecule is CC.CCCC(CC)(CO)c1ccc(Cl)cc1.